The number of piperidine rings is 1. The molecule has 3 aromatic rings. The van der Waals surface area contributed by atoms with Crippen LogP contribution in [0.4, 0.5) is 0 Å². The van der Waals surface area contributed by atoms with Crippen molar-refractivity contribution in [3.05, 3.63) is 60.0 Å². The number of carbonyl (C=O) groups is 1. The molecule has 0 saturated carbocycles. The molecule has 0 aliphatic carbocycles. The smallest absolute Gasteiger partial charge is 0.241 e. The third-order valence-electron chi connectivity index (χ3n) is 6.04. The molecular weight excluding hydrogens is 432 g/mol. The van der Waals surface area contributed by atoms with Crippen molar-refractivity contribution in [2.45, 2.75) is 39.3 Å². The number of ether oxygens (including phenoxy) is 2. The average molecular weight is 465 g/mol. The van der Waals surface area contributed by atoms with Crippen molar-refractivity contribution in [2.24, 2.45) is 5.92 Å². The summed E-state index contributed by atoms with van der Waals surface area (Å²) in [6.45, 7) is 6.66. The Labute approximate surface area is 200 Å². The summed E-state index contributed by atoms with van der Waals surface area (Å²) in [5, 5.41) is 7.19. The molecule has 2 heterocycles. The van der Waals surface area contributed by atoms with E-state index in [9.17, 15) is 4.79 Å². The number of benzene rings is 2. The van der Waals surface area contributed by atoms with Gasteiger partial charge in [-0.05, 0) is 76.2 Å². The zero-order valence-corrected chi connectivity index (χ0v) is 20.0. The van der Waals surface area contributed by atoms with Crippen LogP contribution < -0.4 is 14.8 Å². The lowest BCUT2D eigenvalue weighted by Gasteiger charge is -2.30. The van der Waals surface area contributed by atoms with Gasteiger partial charge in [0.15, 0.2) is 0 Å². The van der Waals surface area contributed by atoms with E-state index in [4.69, 9.17) is 14.0 Å². The Kier molecular flexibility index (Phi) is 7.80. The Balaban J connectivity index is 1.19. The topological polar surface area (TPSA) is 89.7 Å². The van der Waals surface area contributed by atoms with Crippen molar-refractivity contribution >= 4 is 5.91 Å². The summed E-state index contributed by atoms with van der Waals surface area (Å²) in [6, 6.07) is 15.4. The highest BCUT2D eigenvalue weighted by Gasteiger charge is 2.26. The van der Waals surface area contributed by atoms with Gasteiger partial charge in [0, 0.05) is 11.5 Å². The van der Waals surface area contributed by atoms with Gasteiger partial charge in [0.25, 0.3) is 0 Å². The number of aryl methyl sites for hydroxylation is 1. The first-order valence-corrected chi connectivity index (χ1v) is 11.7. The molecule has 1 aliphatic heterocycles. The van der Waals surface area contributed by atoms with Crippen LogP contribution >= 0.6 is 0 Å². The van der Waals surface area contributed by atoms with Crippen LogP contribution in [0.2, 0.25) is 0 Å². The monoisotopic (exact) mass is 464 g/mol. The van der Waals surface area contributed by atoms with Gasteiger partial charge in [-0.1, -0.05) is 22.9 Å². The Bertz CT molecular complexity index is 1060. The van der Waals surface area contributed by atoms with Crippen molar-refractivity contribution in [2.75, 3.05) is 26.8 Å². The van der Waals surface area contributed by atoms with Crippen molar-refractivity contribution < 1.29 is 18.8 Å². The molecule has 4 rings (SSSR count). The van der Waals surface area contributed by atoms with Crippen LogP contribution in [0, 0.1) is 12.8 Å². The highest BCUT2D eigenvalue weighted by molar-refractivity contribution is 5.79. The molecule has 1 unspecified atom stereocenters. The SMILES string of the molecule is COc1ccc(-c2noc(CN3CCC(C(=O)NC(C)COc4ccc(C)cc4)CC3)n2)cc1. The molecule has 0 bridgehead atoms. The van der Waals surface area contributed by atoms with Crippen molar-refractivity contribution in [3.8, 4) is 22.9 Å². The average Bonchev–Trinajstić information content (AvgIpc) is 3.32. The molecule has 34 heavy (non-hydrogen) atoms. The van der Waals surface area contributed by atoms with Crippen LogP contribution in [0.15, 0.2) is 53.1 Å². The largest absolute Gasteiger partial charge is 0.497 e. The molecule has 8 heteroatoms. The van der Waals surface area contributed by atoms with Crippen molar-refractivity contribution in [3.63, 3.8) is 0 Å². The number of likely N-dealkylation sites (tertiary alicyclic amines) is 1. The van der Waals surface area contributed by atoms with Crippen LogP contribution in [-0.4, -0.2) is 53.8 Å². The molecule has 1 amide bonds. The van der Waals surface area contributed by atoms with Gasteiger partial charge < -0.3 is 19.3 Å². The maximum atomic E-state index is 12.7. The van der Waals surface area contributed by atoms with Crippen LogP contribution in [0.5, 0.6) is 11.5 Å². The molecule has 1 atom stereocenters. The summed E-state index contributed by atoms with van der Waals surface area (Å²) in [7, 11) is 1.63. The second-order valence-corrected chi connectivity index (χ2v) is 8.82. The molecule has 1 N–H and O–H groups in total. The second kappa shape index (κ2) is 11.2. The van der Waals surface area contributed by atoms with Crippen LogP contribution in [0.1, 0.15) is 31.2 Å². The number of methoxy groups -OCH3 is 1. The fourth-order valence-electron chi connectivity index (χ4n) is 3.98. The van der Waals surface area contributed by atoms with E-state index in [1.54, 1.807) is 7.11 Å². The maximum absolute atomic E-state index is 12.7. The van der Waals surface area contributed by atoms with E-state index in [2.05, 4.69) is 20.4 Å². The minimum Gasteiger partial charge on any atom is -0.497 e. The van der Waals surface area contributed by atoms with E-state index >= 15 is 0 Å². The van der Waals surface area contributed by atoms with Gasteiger partial charge >= 0.3 is 0 Å². The molecule has 1 saturated heterocycles. The summed E-state index contributed by atoms with van der Waals surface area (Å²) < 4.78 is 16.4. The van der Waals surface area contributed by atoms with Gasteiger partial charge in [0.2, 0.25) is 17.6 Å². The molecule has 8 nitrogen and oxygen atoms in total. The molecule has 1 fully saturated rings. The first-order valence-electron chi connectivity index (χ1n) is 11.7. The maximum Gasteiger partial charge on any atom is 0.241 e. The lowest BCUT2D eigenvalue weighted by atomic mass is 9.95. The van der Waals surface area contributed by atoms with Gasteiger partial charge in [0.05, 0.1) is 19.7 Å². The predicted octanol–water partition coefficient (Wildman–Crippen LogP) is 3.85. The quantitative estimate of drug-likeness (QED) is 0.514. The van der Waals surface area contributed by atoms with E-state index in [0.717, 1.165) is 43.0 Å². The number of hydrogen-bond donors (Lipinski definition) is 1. The minimum atomic E-state index is -0.0541. The first-order chi connectivity index (χ1) is 16.5. The number of carbonyl (C=O) groups excluding carboxylic acids is 1. The molecule has 0 radical (unpaired) electrons. The molecule has 2 aromatic carbocycles. The van der Waals surface area contributed by atoms with Gasteiger partial charge in [-0.2, -0.15) is 4.98 Å². The van der Waals surface area contributed by atoms with Crippen LogP contribution in [0.3, 0.4) is 0 Å². The zero-order chi connectivity index (χ0) is 23.9. The Hall–Kier alpha value is -3.39. The highest BCUT2D eigenvalue weighted by Crippen LogP contribution is 2.22. The first kappa shape index (κ1) is 23.8. The van der Waals surface area contributed by atoms with E-state index in [-0.39, 0.29) is 17.9 Å². The fraction of sp³-hybridized carbons (Fsp3) is 0.423. The Morgan fingerprint density at radius 2 is 1.79 bits per heavy atom. The van der Waals surface area contributed by atoms with Gasteiger partial charge in [0.1, 0.15) is 18.1 Å². The minimum absolute atomic E-state index is 0.00983. The summed E-state index contributed by atoms with van der Waals surface area (Å²) in [5.74, 6) is 2.85. The highest BCUT2D eigenvalue weighted by atomic mass is 16.5. The predicted molar refractivity (Wildman–Crippen MR) is 129 cm³/mol. The lowest BCUT2D eigenvalue weighted by Crippen LogP contribution is -2.44. The number of aromatic nitrogens is 2. The normalized spacial score (nSPS) is 15.6. The summed E-state index contributed by atoms with van der Waals surface area (Å²) in [6.07, 6.45) is 1.60. The number of nitrogens with zero attached hydrogens (tertiary/aromatic N) is 3. The molecule has 1 aliphatic rings. The lowest BCUT2D eigenvalue weighted by molar-refractivity contribution is -0.127. The fourth-order valence-corrected chi connectivity index (χ4v) is 3.98. The third-order valence-corrected chi connectivity index (χ3v) is 6.04. The number of nitrogens with one attached hydrogen (secondary N) is 1. The van der Waals surface area contributed by atoms with E-state index in [1.165, 1.54) is 5.56 Å². The molecular formula is C26H32N4O4. The second-order valence-electron chi connectivity index (χ2n) is 8.82. The van der Waals surface area contributed by atoms with Crippen LogP contribution in [0.25, 0.3) is 11.4 Å². The van der Waals surface area contributed by atoms with Crippen LogP contribution in [-0.2, 0) is 11.3 Å². The summed E-state index contributed by atoms with van der Waals surface area (Å²) >= 11 is 0. The molecule has 180 valence electrons. The number of hydrogen-bond acceptors (Lipinski definition) is 7. The zero-order valence-electron chi connectivity index (χ0n) is 20.0. The van der Waals surface area contributed by atoms with Crippen molar-refractivity contribution in [1.82, 2.24) is 20.4 Å². The van der Waals surface area contributed by atoms with Crippen molar-refractivity contribution in [1.29, 1.82) is 0 Å². The standard InChI is InChI=1S/C26H32N4O4/c1-18-4-8-23(9-5-18)33-17-19(2)27-26(31)21-12-14-30(15-13-21)16-24-28-25(29-34-24)20-6-10-22(32-3)11-7-20/h4-11,19,21H,12-17H2,1-3H3,(H,27,31). The number of rotatable bonds is 9. The van der Waals surface area contributed by atoms with E-state index < -0.39 is 0 Å². The third kappa shape index (κ3) is 6.35. The summed E-state index contributed by atoms with van der Waals surface area (Å²) in [4.78, 5) is 19.5. The van der Waals surface area contributed by atoms with Gasteiger partial charge in [-0.3, -0.25) is 9.69 Å². The Morgan fingerprint density at radius 3 is 2.47 bits per heavy atom. The Morgan fingerprint density at radius 1 is 1.12 bits per heavy atom. The molecule has 0 spiro atoms. The van der Waals surface area contributed by atoms with E-state index in [0.29, 0.717) is 24.9 Å². The number of amides is 1. The molecule has 1 aromatic heterocycles. The van der Waals surface area contributed by atoms with Gasteiger partial charge in [-0.15, -0.1) is 0 Å². The van der Waals surface area contributed by atoms with Gasteiger partial charge in [-0.25, -0.2) is 0 Å². The van der Waals surface area contributed by atoms with E-state index in [1.807, 2.05) is 62.4 Å². The summed E-state index contributed by atoms with van der Waals surface area (Å²) in [5.41, 5.74) is 2.07.